The fraction of sp³-hybridized carbons (Fsp3) is 0.429. The van der Waals surface area contributed by atoms with Gasteiger partial charge in [-0.3, -0.25) is 4.98 Å². The molecule has 1 aliphatic rings. The molecule has 100 valence electrons. The van der Waals surface area contributed by atoms with E-state index in [2.05, 4.69) is 28.4 Å². The topological polar surface area (TPSA) is 66.0 Å². The van der Waals surface area contributed by atoms with Crippen LogP contribution in [0.5, 0.6) is 0 Å². The summed E-state index contributed by atoms with van der Waals surface area (Å²) in [6, 6.07) is 1.81. The molecule has 2 N–H and O–H groups in total. The van der Waals surface area contributed by atoms with E-state index in [0.29, 0.717) is 5.69 Å². The Morgan fingerprint density at radius 2 is 2.26 bits per heavy atom. The lowest BCUT2D eigenvalue weighted by molar-refractivity contribution is 0.0765. The molecule has 3 heterocycles. The van der Waals surface area contributed by atoms with Crippen molar-refractivity contribution in [1.29, 1.82) is 0 Å². The second kappa shape index (κ2) is 4.35. The normalized spacial score (nSPS) is 26.7. The van der Waals surface area contributed by atoms with Gasteiger partial charge in [0.2, 0.25) is 0 Å². The molecule has 5 heteroatoms. The fourth-order valence-corrected chi connectivity index (χ4v) is 2.66. The molecule has 0 spiro atoms. The molecule has 1 aliphatic heterocycles. The first kappa shape index (κ1) is 12.2. The number of ether oxygens (including phenoxy) is 1. The summed E-state index contributed by atoms with van der Waals surface area (Å²) in [6.45, 7) is 5.07. The van der Waals surface area contributed by atoms with Crippen molar-refractivity contribution < 1.29 is 4.74 Å². The molecule has 2 aromatic rings. The summed E-state index contributed by atoms with van der Waals surface area (Å²) in [5.41, 5.74) is 8.58. The van der Waals surface area contributed by atoms with E-state index < -0.39 is 0 Å². The lowest BCUT2D eigenvalue weighted by Crippen LogP contribution is -2.36. The summed E-state index contributed by atoms with van der Waals surface area (Å²) < 4.78 is 7.88. The summed E-state index contributed by atoms with van der Waals surface area (Å²) in [5, 5.41) is 0. The van der Waals surface area contributed by atoms with Crippen molar-refractivity contribution in [2.75, 3.05) is 12.3 Å². The first-order valence-corrected chi connectivity index (χ1v) is 6.47. The van der Waals surface area contributed by atoms with Crippen LogP contribution in [0.2, 0.25) is 0 Å². The molecule has 3 rings (SSSR count). The van der Waals surface area contributed by atoms with Gasteiger partial charge in [0.05, 0.1) is 29.9 Å². The van der Waals surface area contributed by atoms with Gasteiger partial charge in [-0.2, -0.15) is 0 Å². The first-order valence-electron chi connectivity index (χ1n) is 6.47. The zero-order valence-electron chi connectivity index (χ0n) is 11.2. The molecule has 1 saturated heterocycles. The number of pyridine rings is 1. The Morgan fingerprint density at radius 3 is 2.95 bits per heavy atom. The van der Waals surface area contributed by atoms with Gasteiger partial charge in [-0.25, -0.2) is 4.98 Å². The summed E-state index contributed by atoms with van der Waals surface area (Å²) in [5.74, 6) is 0. The van der Waals surface area contributed by atoms with Gasteiger partial charge in [-0.05, 0) is 26.3 Å². The van der Waals surface area contributed by atoms with Crippen molar-refractivity contribution >= 4 is 5.69 Å². The van der Waals surface area contributed by atoms with E-state index in [1.807, 2.05) is 18.6 Å². The quantitative estimate of drug-likeness (QED) is 0.895. The molecular formula is C14H18N4O. The second-order valence-electron chi connectivity index (χ2n) is 5.23. The molecule has 19 heavy (non-hydrogen) atoms. The van der Waals surface area contributed by atoms with Gasteiger partial charge < -0.3 is 15.0 Å². The number of aromatic nitrogens is 3. The van der Waals surface area contributed by atoms with E-state index in [1.54, 1.807) is 12.4 Å². The van der Waals surface area contributed by atoms with E-state index in [4.69, 9.17) is 10.5 Å². The molecule has 0 bridgehead atoms. The number of hydrogen-bond acceptors (Lipinski definition) is 4. The van der Waals surface area contributed by atoms with E-state index >= 15 is 0 Å². The minimum Gasteiger partial charge on any atom is -0.398 e. The highest BCUT2D eigenvalue weighted by Crippen LogP contribution is 2.37. The summed E-state index contributed by atoms with van der Waals surface area (Å²) >= 11 is 0. The van der Waals surface area contributed by atoms with Crippen molar-refractivity contribution in [3.05, 3.63) is 31.0 Å². The van der Waals surface area contributed by atoms with Crippen LogP contribution in [-0.4, -0.2) is 27.2 Å². The fourth-order valence-electron chi connectivity index (χ4n) is 2.66. The Kier molecular flexibility index (Phi) is 2.78. The van der Waals surface area contributed by atoms with Gasteiger partial charge in [0.1, 0.15) is 0 Å². The highest BCUT2D eigenvalue weighted by molar-refractivity contribution is 5.72. The Hall–Kier alpha value is -1.88. The van der Waals surface area contributed by atoms with Gasteiger partial charge in [0.25, 0.3) is 0 Å². The van der Waals surface area contributed by atoms with Crippen molar-refractivity contribution in [3.8, 4) is 11.3 Å². The van der Waals surface area contributed by atoms with Crippen LogP contribution >= 0.6 is 0 Å². The van der Waals surface area contributed by atoms with Gasteiger partial charge >= 0.3 is 0 Å². The Morgan fingerprint density at radius 1 is 1.42 bits per heavy atom. The van der Waals surface area contributed by atoms with Crippen molar-refractivity contribution in [3.63, 3.8) is 0 Å². The highest BCUT2D eigenvalue weighted by Gasteiger charge is 2.40. The van der Waals surface area contributed by atoms with Gasteiger partial charge in [0, 0.05) is 30.3 Å². The second-order valence-corrected chi connectivity index (χ2v) is 5.23. The smallest absolute Gasteiger partial charge is 0.0957 e. The molecule has 0 saturated carbocycles. The lowest BCUT2D eigenvalue weighted by Gasteiger charge is -2.31. The number of nitrogens with two attached hydrogens (primary N) is 1. The maximum absolute atomic E-state index is 6.04. The zero-order valence-corrected chi connectivity index (χ0v) is 11.2. The standard InChI is InChI=1S/C14H18N4O/c1-10-14(2,4-6-19-10)18-9-17-8-13(18)11-7-16-5-3-12(11)15/h3,5,7-10H,4,6H2,1-2H3,(H2,15,16). The number of imidazole rings is 1. The molecule has 1 fully saturated rings. The first-order chi connectivity index (χ1) is 9.13. The number of nitrogens with zero attached hydrogens (tertiary/aromatic N) is 3. The van der Waals surface area contributed by atoms with Crippen LogP contribution in [0.4, 0.5) is 5.69 Å². The lowest BCUT2D eigenvalue weighted by atomic mass is 9.93. The predicted octanol–water partition coefficient (Wildman–Crippen LogP) is 2.05. The van der Waals surface area contributed by atoms with Crippen molar-refractivity contribution in [2.24, 2.45) is 0 Å². The third kappa shape index (κ3) is 1.81. The molecule has 0 amide bonds. The van der Waals surface area contributed by atoms with Gasteiger partial charge in [-0.1, -0.05) is 0 Å². The van der Waals surface area contributed by atoms with Crippen LogP contribution in [-0.2, 0) is 10.3 Å². The van der Waals surface area contributed by atoms with Crippen LogP contribution in [0.1, 0.15) is 20.3 Å². The molecule has 2 atom stereocenters. The van der Waals surface area contributed by atoms with Crippen LogP contribution in [0.15, 0.2) is 31.0 Å². The van der Waals surface area contributed by atoms with Crippen LogP contribution in [0.25, 0.3) is 11.3 Å². The van der Waals surface area contributed by atoms with Crippen LogP contribution in [0.3, 0.4) is 0 Å². The van der Waals surface area contributed by atoms with E-state index in [9.17, 15) is 0 Å². The number of nitrogen functional groups attached to an aromatic ring is 1. The van der Waals surface area contributed by atoms with E-state index in [0.717, 1.165) is 24.3 Å². The highest BCUT2D eigenvalue weighted by atomic mass is 16.5. The largest absolute Gasteiger partial charge is 0.398 e. The third-order valence-corrected chi connectivity index (χ3v) is 4.17. The molecule has 2 unspecified atom stereocenters. The van der Waals surface area contributed by atoms with E-state index in [1.165, 1.54) is 0 Å². The molecular weight excluding hydrogens is 240 g/mol. The SMILES string of the molecule is CC1OCCC1(C)n1cncc1-c1cnccc1N. The number of anilines is 1. The minimum absolute atomic E-state index is 0.0892. The average molecular weight is 258 g/mol. The summed E-state index contributed by atoms with van der Waals surface area (Å²) in [6.07, 6.45) is 8.29. The van der Waals surface area contributed by atoms with Crippen molar-refractivity contribution in [2.45, 2.75) is 31.9 Å². The maximum atomic E-state index is 6.04. The zero-order chi connectivity index (χ0) is 13.5. The monoisotopic (exact) mass is 258 g/mol. The van der Waals surface area contributed by atoms with Gasteiger partial charge in [0.15, 0.2) is 0 Å². The van der Waals surface area contributed by atoms with Crippen LogP contribution < -0.4 is 5.73 Å². The van der Waals surface area contributed by atoms with Crippen molar-refractivity contribution in [1.82, 2.24) is 14.5 Å². The Balaban J connectivity index is 2.11. The molecule has 0 radical (unpaired) electrons. The molecule has 5 nitrogen and oxygen atoms in total. The summed E-state index contributed by atoms with van der Waals surface area (Å²) in [7, 11) is 0. The molecule has 0 aliphatic carbocycles. The average Bonchev–Trinajstić information content (AvgIpc) is 2.99. The number of hydrogen-bond donors (Lipinski definition) is 1. The predicted molar refractivity (Wildman–Crippen MR) is 73.5 cm³/mol. The minimum atomic E-state index is -0.0892. The molecule has 2 aromatic heterocycles. The Labute approximate surface area is 112 Å². The van der Waals surface area contributed by atoms with Gasteiger partial charge in [-0.15, -0.1) is 0 Å². The molecule has 0 aromatic carbocycles. The summed E-state index contributed by atoms with van der Waals surface area (Å²) in [4.78, 5) is 8.45. The van der Waals surface area contributed by atoms with E-state index in [-0.39, 0.29) is 11.6 Å². The maximum Gasteiger partial charge on any atom is 0.0957 e. The Bertz CT molecular complexity index is 595. The third-order valence-electron chi connectivity index (χ3n) is 4.17. The number of rotatable bonds is 2. The van der Waals surface area contributed by atoms with Crippen LogP contribution in [0, 0.1) is 0 Å².